The molecule has 0 saturated carbocycles. The Balaban J connectivity index is 2.29. The van der Waals surface area contributed by atoms with E-state index in [0.29, 0.717) is 11.4 Å². The normalized spacial score (nSPS) is 10.0. The van der Waals surface area contributed by atoms with Gasteiger partial charge >= 0.3 is 5.97 Å². The second kappa shape index (κ2) is 7.69. The van der Waals surface area contributed by atoms with Crippen molar-refractivity contribution < 1.29 is 19.1 Å². The molecule has 0 saturated heterocycles. The van der Waals surface area contributed by atoms with E-state index in [0.717, 1.165) is 19.1 Å². The minimum atomic E-state index is -0.967. The molecule has 1 rings (SSSR count). The molecule has 0 aromatic heterocycles. The summed E-state index contributed by atoms with van der Waals surface area (Å²) in [6.07, 6.45) is 1.25. The van der Waals surface area contributed by atoms with Crippen molar-refractivity contribution in [3.05, 3.63) is 34.9 Å². The number of hydrogen-bond donors (Lipinski definition) is 0. The van der Waals surface area contributed by atoms with Gasteiger partial charge in [-0.2, -0.15) is 0 Å². The summed E-state index contributed by atoms with van der Waals surface area (Å²) in [7, 11) is 1.12. The van der Waals surface area contributed by atoms with Crippen LogP contribution in [0, 0.1) is 0 Å². The number of hydrogen-bond acceptors (Lipinski definition) is 4. The Labute approximate surface area is 116 Å². The number of halogens is 1. The fraction of sp³-hybridized carbons (Fsp3) is 0.357. The highest BCUT2D eigenvalue weighted by molar-refractivity contribution is 6.37. The van der Waals surface area contributed by atoms with Gasteiger partial charge in [-0.3, -0.25) is 9.59 Å². The maximum atomic E-state index is 11.5. The van der Waals surface area contributed by atoms with Crippen LogP contribution in [-0.4, -0.2) is 24.6 Å². The molecule has 0 amide bonds. The second-order valence-corrected chi connectivity index (χ2v) is 4.55. The van der Waals surface area contributed by atoms with E-state index in [2.05, 4.69) is 4.74 Å². The van der Waals surface area contributed by atoms with Crippen LogP contribution in [0.2, 0.25) is 5.02 Å². The van der Waals surface area contributed by atoms with Gasteiger partial charge < -0.3 is 4.74 Å². The Bertz CT molecular complexity index is 465. The number of methoxy groups -OCH3 is 1. The maximum Gasteiger partial charge on any atom is 0.374 e. The van der Waals surface area contributed by atoms with Crippen molar-refractivity contribution in [3.63, 3.8) is 0 Å². The lowest BCUT2D eigenvalue weighted by atomic mass is 10.0. The number of ether oxygens (including phenoxy) is 1. The summed E-state index contributed by atoms with van der Waals surface area (Å²) in [4.78, 5) is 33.5. The molecule has 102 valence electrons. The fourth-order valence-corrected chi connectivity index (χ4v) is 1.72. The third kappa shape index (κ3) is 5.66. The molecule has 0 bridgehead atoms. The zero-order valence-corrected chi connectivity index (χ0v) is 11.4. The van der Waals surface area contributed by atoms with Crippen LogP contribution in [0.15, 0.2) is 24.3 Å². The molecule has 0 N–H and O–H groups in total. The summed E-state index contributed by atoms with van der Waals surface area (Å²) in [5.74, 6) is -2.01. The first-order chi connectivity index (χ1) is 9.02. The predicted octanol–water partition coefficient (Wildman–Crippen LogP) is 2.36. The van der Waals surface area contributed by atoms with E-state index in [1.54, 1.807) is 12.1 Å². The molecule has 0 heterocycles. The van der Waals surface area contributed by atoms with E-state index in [9.17, 15) is 14.4 Å². The Morgan fingerprint density at radius 1 is 1.16 bits per heavy atom. The lowest BCUT2D eigenvalue weighted by Gasteiger charge is -2.01. The Morgan fingerprint density at radius 2 is 1.79 bits per heavy atom. The number of carbonyl (C=O) groups is 3. The molecule has 1 aromatic rings. The van der Waals surface area contributed by atoms with Gasteiger partial charge in [0.2, 0.25) is 5.78 Å². The molecular formula is C14H15ClO4. The van der Waals surface area contributed by atoms with Crippen molar-refractivity contribution in [1.82, 2.24) is 0 Å². The average Bonchev–Trinajstić information content (AvgIpc) is 2.40. The van der Waals surface area contributed by atoms with E-state index in [-0.39, 0.29) is 18.6 Å². The van der Waals surface area contributed by atoms with Crippen molar-refractivity contribution in [3.8, 4) is 0 Å². The third-order valence-electron chi connectivity index (χ3n) is 2.61. The number of rotatable bonds is 7. The van der Waals surface area contributed by atoms with Crippen LogP contribution in [0.25, 0.3) is 0 Å². The Hall–Kier alpha value is -1.68. The SMILES string of the molecule is COC(=O)C(=O)CC(=O)CCCc1ccc(Cl)cc1. The molecule has 0 fully saturated rings. The number of ketones is 2. The topological polar surface area (TPSA) is 60.4 Å². The highest BCUT2D eigenvalue weighted by atomic mass is 35.5. The summed E-state index contributed by atoms with van der Waals surface area (Å²) < 4.78 is 4.24. The zero-order valence-electron chi connectivity index (χ0n) is 10.6. The lowest BCUT2D eigenvalue weighted by Crippen LogP contribution is -2.19. The summed E-state index contributed by atoms with van der Waals surface area (Å²) >= 11 is 5.76. The minimum Gasteiger partial charge on any atom is -0.463 e. The van der Waals surface area contributed by atoms with Gasteiger partial charge in [0.25, 0.3) is 0 Å². The highest BCUT2D eigenvalue weighted by Crippen LogP contribution is 2.12. The van der Waals surface area contributed by atoms with E-state index in [1.807, 2.05) is 12.1 Å². The van der Waals surface area contributed by atoms with Gasteiger partial charge in [0.15, 0.2) is 0 Å². The molecule has 0 spiro atoms. The van der Waals surface area contributed by atoms with Crippen LogP contribution in [-0.2, 0) is 25.5 Å². The largest absolute Gasteiger partial charge is 0.463 e. The molecule has 0 aliphatic heterocycles. The van der Waals surface area contributed by atoms with E-state index in [4.69, 9.17) is 11.6 Å². The van der Waals surface area contributed by atoms with Crippen molar-refractivity contribution in [2.45, 2.75) is 25.7 Å². The van der Waals surface area contributed by atoms with Crippen LogP contribution >= 0.6 is 11.6 Å². The summed E-state index contributed by atoms with van der Waals surface area (Å²) in [6.45, 7) is 0. The van der Waals surface area contributed by atoms with Gasteiger partial charge in [0.05, 0.1) is 13.5 Å². The van der Waals surface area contributed by atoms with Gasteiger partial charge in [-0.05, 0) is 30.5 Å². The van der Waals surface area contributed by atoms with Crippen molar-refractivity contribution in [2.24, 2.45) is 0 Å². The van der Waals surface area contributed by atoms with Gasteiger partial charge in [0, 0.05) is 11.4 Å². The smallest absolute Gasteiger partial charge is 0.374 e. The van der Waals surface area contributed by atoms with Gasteiger partial charge in [-0.15, -0.1) is 0 Å². The van der Waals surface area contributed by atoms with E-state index < -0.39 is 11.8 Å². The molecule has 0 radical (unpaired) electrons. The molecule has 19 heavy (non-hydrogen) atoms. The van der Waals surface area contributed by atoms with Crippen LogP contribution < -0.4 is 0 Å². The van der Waals surface area contributed by atoms with Gasteiger partial charge in [0.1, 0.15) is 5.78 Å². The van der Waals surface area contributed by atoms with Crippen LogP contribution in [0.5, 0.6) is 0 Å². The standard InChI is InChI=1S/C14H15ClO4/c1-19-14(18)13(17)9-12(16)4-2-3-10-5-7-11(15)8-6-10/h5-8H,2-4,9H2,1H3. The molecule has 0 atom stereocenters. The second-order valence-electron chi connectivity index (χ2n) is 4.11. The Kier molecular flexibility index (Phi) is 6.22. The van der Waals surface area contributed by atoms with Crippen LogP contribution in [0.4, 0.5) is 0 Å². The fourth-order valence-electron chi connectivity index (χ4n) is 1.59. The molecular weight excluding hydrogens is 268 g/mol. The summed E-state index contributed by atoms with van der Waals surface area (Å²) in [6, 6.07) is 7.37. The summed E-state index contributed by atoms with van der Waals surface area (Å²) in [5.41, 5.74) is 1.08. The molecule has 0 unspecified atom stereocenters. The third-order valence-corrected chi connectivity index (χ3v) is 2.86. The Morgan fingerprint density at radius 3 is 2.37 bits per heavy atom. The molecule has 0 aliphatic carbocycles. The number of esters is 1. The quantitative estimate of drug-likeness (QED) is 0.438. The molecule has 0 aliphatic rings. The van der Waals surface area contributed by atoms with E-state index in [1.165, 1.54) is 0 Å². The van der Waals surface area contributed by atoms with E-state index >= 15 is 0 Å². The first-order valence-corrected chi connectivity index (χ1v) is 6.28. The number of benzene rings is 1. The minimum absolute atomic E-state index is 0.246. The highest BCUT2D eigenvalue weighted by Gasteiger charge is 2.17. The molecule has 5 heteroatoms. The van der Waals surface area contributed by atoms with Crippen LogP contribution in [0.3, 0.4) is 0 Å². The maximum absolute atomic E-state index is 11.5. The first-order valence-electron chi connectivity index (χ1n) is 5.90. The van der Waals surface area contributed by atoms with Crippen molar-refractivity contribution in [2.75, 3.05) is 7.11 Å². The van der Waals surface area contributed by atoms with Crippen LogP contribution in [0.1, 0.15) is 24.8 Å². The number of Topliss-reactive ketones (excluding diaryl/α,β-unsaturated/α-hetero) is 2. The number of carbonyl (C=O) groups excluding carboxylic acids is 3. The van der Waals surface area contributed by atoms with Gasteiger partial charge in [-0.1, -0.05) is 23.7 Å². The first kappa shape index (κ1) is 15.4. The molecule has 1 aromatic carbocycles. The lowest BCUT2D eigenvalue weighted by molar-refractivity contribution is -0.152. The predicted molar refractivity (Wildman–Crippen MR) is 71.0 cm³/mol. The number of aryl methyl sites for hydroxylation is 1. The molecule has 4 nitrogen and oxygen atoms in total. The average molecular weight is 283 g/mol. The van der Waals surface area contributed by atoms with Crippen molar-refractivity contribution in [1.29, 1.82) is 0 Å². The monoisotopic (exact) mass is 282 g/mol. The zero-order chi connectivity index (χ0) is 14.3. The van der Waals surface area contributed by atoms with Gasteiger partial charge in [-0.25, -0.2) is 4.79 Å². The van der Waals surface area contributed by atoms with Crippen molar-refractivity contribution >= 4 is 29.1 Å². The summed E-state index contributed by atoms with van der Waals surface area (Å²) in [5, 5.41) is 0.670.